The number of nitrogens with zero attached hydrogens (tertiary/aromatic N) is 1. The van der Waals surface area contributed by atoms with Crippen molar-refractivity contribution in [3.8, 4) is 5.75 Å². The predicted molar refractivity (Wildman–Crippen MR) is 72.2 cm³/mol. The summed E-state index contributed by atoms with van der Waals surface area (Å²) >= 11 is 4.91. The van der Waals surface area contributed by atoms with Crippen LogP contribution in [-0.2, 0) is 0 Å². The van der Waals surface area contributed by atoms with Crippen LogP contribution in [0, 0.1) is 5.92 Å². The van der Waals surface area contributed by atoms with Gasteiger partial charge in [-0.15, -0.1) is 0 Å². The van der Waals surface area contributed by atoms with E-state index in [1.165, 1.54) is 19.3 Å². The molecular formula is C13H18N2OS. The smallest absolute Gasteiger partial charge is 0.123 e. The van der Waals surface area contributed by atoms with Crippen LogP contribution in [0.3, 0.4) is 0 Å². The van der Waals surface area contributed by atoms with Crippen LogP contribution in [0.4, 0.5) is 0 Å². The van der Waals surface area contributed by atoms with Crippen molar-refractivity contribution in [2.75, 3.05) is 0 Å². The molecule has 1 aromatic heterocycles. The first-order chi connectivity index (χ1) is 8.16. The van der Waals surface area contributed by atoms with Gasteiger partial charge in [0.1, 0.15) is 22.5 Å². The molecule has 3 nitrogen and oxygen atoms in total. The molecule has 1 aromatic rings. The van der Waals surface area contributed by atoms with Crippen LogP contribution in [0.25, 0.3) is 0 Å². The molecule has 0 bridgehead atoms. The molecule has 17 heavy (non-hydrogen) atoms. The minimum atomic E-state index is 0.311. The first-order valence-electron chi connectivity index (χ1n) is 6.09. The van der Waals surface area contributed by atoms with Crippen LogP contribution in [-0.4, -0.2) is 16.1 Å². The molecule has 0 aromatic carbocycles. The maximum Gasteiger partial charge on any atom is 0.123 e. The topological polar surface area (TPSA) is 48.1 Å². The molecule has 2 N–H and O–H groups in total. The fraction of sp³-hybridized carbons (Fsp3) is 0.538. The third-order valence-electron chi connectivity index (χ3n) is 3.30. The van der Waals surface area contributed by atoms with E-state index in [-0.39, 0.29) is 0 Å². The lowest BCUT2D eigenvalue weighted by molar-refractivity contribution is 0.102. The molecule has 92 valence electrons. The molecule has 1 heterocycles. The first-order valence-corrected chi connectivity index (χ1v) is 6.50. The van der Waals surface area contributed by atoms with Crippen LogP contribution < -0.4 is 10.5 Å². The van der Waals surface area contributed by atoms with Gasteiger partial charge in [0.25, 0.3) is 0 Å². The Morgan fingerprint density at radius 1 is 1.47 bits per heavy atom. The summed E-state index contributed by atoms with van der Waals surface area (Å²) in [5, 5.41) is 0. The van der Waals surface area contributed by atoms with Crippen molar-refractivity contribution in [3.63, 3.8) is 0 Å². The Morgan fingerprint density at radius 3 is 2.94 bits per heavy atom. The Morgan fingerprint density at radius 2 is 2.24 bits per heavy atom. The summed E-state index contributed by atoms with van der Waals surface area (Å²) < 4.78 is 6.00. The zero-order valence-corrected chi connectivity index (χ0v) is 10.9. The fourth-order valence-corrected chi connectivity index (χ4v) is 2.36. The maximum absolute atomic E-state index is 6.00. The lowest BCUT2D eigenvalue weighted by Crippen LogP contribution is -2.28. The molecule has 2 rings (SSSR count). The number of nitrogens with two attached hydrogens (primary N) is 1. The van der Waals surface area contributed by atoms with E-state index in [0.717, 1.165) is 12.2 Å². The van der Waals surface area contributed by atoms with E-state index in [1.807, 2.05) is 12.1 Å². The lowest BCUT2D eigenvalue weighted by Gasteiger charge is -2.29. The molecule has 1 aliphatic rings. The van der Waals surface area contributed by atoms with Crippen LogP contribution in [0.1, 0.15) is 38.3 Å². The second-order valence-electron chi connectivity index (χ2n) is 4.66. The van der Waals surface area contributed by atoms with Gasteiger partial charge in [0.05, 0.1) is 0 Å². The van der Waals surface area contributed by atoms with E-state index in [1.54, 1.807) is 6.20 Å². The fourth-order valence-electron chi connectivity index (χ4n) is 2.25. The zero-order chi connectivity index (χ0) is 12.3. The highest BCUT2D eigenvalue weighted by molar-refractivity contribution is 7.80. The van der Waals surface area contributed by atoms with Crippen molar-refractivity contribution in [1.29, 1.82) is 0 Å². The van der Waals surface area contributed by atoms with Crippen molar-refractivity contribution >= 4 is 17.2 Å². The molecule has 0 saturated heterocycles. The second kappa shape index (κ2) is 5.45. The van der Waals surface area contributed by atoms with Crippen molar-refractivity contribution in [1.82, 2.24) is 4.98 Å². The maximum atomic E-state index is 6.00. The normalized spacial score (nSPS) is 24.3. The van der Waals surface area contributed by atoms with Gasteiger partial charge in [-0.25, -0.2) is 0 Å². The summed E-state index contributed by atoms with van der Waals surface area (Å²) in [6, 6.07) is 3.69. The Balaban J connectivity index is 2.07. The summed E-state index contributed by atoms with van der Waals surface area (Å²) in [6.07, 6.45) is 6.95. The summed E-state index contributed by atoms with van der Waals surface area (Å²) in [6.45, 7) is 2.25. The number of hydrogen-bond acceptors (Lipinski definition) is 3. The van der Waals surface area contributed by atoms with E-state index < -0.39 is 0 Å². The molecule has 2 unspecified atom stereocenters. The molecule has 0 radical (unpaired) electrons. The van der Waals surface area contributed by atoms with Crippen LogP contribution in [0.2, 0.25) is 0 Å². The number of hydrogen-bond donors (Lipinski definition) is 1. The molecule has 2 atom stereocenters. The van der Waals surface area contributed by atoms with Crippen molar-refractivity contribution < 1.29 is 4.74 Å². The third-order valence-corrected chi connectivity index (χ3v) is 3.51. The molecule has 1 saturated carbocycles. The van der Waals surface area contributed by atoms with E-state index in [2.05, 4.69) is 11.9 Å². The van der Waals surface area contributed by atoms with Gasteiger partial charge in [0, 0.05) is 12.3 Å². The number of ether oxygens (including phenoxy) is 1. The van der Waals surface area contributed by atoms with E-state index in [4.69, 9.17) is 22.7 Å². The average molecular weight is 250 g/mol. The largest absolute Gasteiger partial charge is 0.490 e. The van der Waals surface area contributed by atoms with Gasteiger partial charge in [-0.05, 0) is 31.2 Å². The molecule has 0 spiro atoms. The Bertz CT molecular complexity index is 408. The SMILES string of the molecule is CC1CCCCC1Oc1ccnc(C(N)=S)c1. The summed E-state index contributed by atoms with van der Waals surface area (Å²) in [5.74, 6) is 1.44. The Labute approximate surface area is 107 Å². The molecule has 1 fully saturated rings. The minimum absolute atomic E-state index is 0.311. The quantitative estimate of drug-likeness (QED) is 0.838. The van der Waals surface area contributed by atoms with E-state index in [9.17, 15) is 0 Å². The summed E-state index contributed by atoms with van der Waals surface area (Å²) in [7, 11) is 0. The lowest BCUT2D eigenvalue weighted by atomic mass is 9.88. The highest BCUT2D eigenvalue weighted by Gasteiger charge is 2.22. The van der Waals surface area contributed by atoms with Gasteiger partial charge in [0.2, 0.25) is 0 Å². The van der Waals surface area contributed by atoms with Gasteiger partial charge < -0.3 is 10.5 Å². The van der Waals surface area contributed by atoms with E-state index >= 15 is 0 Å². The molecule has 0 aliphatic heterocycles. The Hall–Kier alpha value is -1.16. The van der Waals surface area contributed by atoms with Gasteiger partial charge >= 0.3 is 0 Å². The van der Waals surface area contributed by atoms with Crippen LogP contribution in [0.15, 0.2) is 18.3 Å². The van der Waals surface area contributed by atoms with Gasteiger partial charge in [-0.1, -0.05) is 25.6 Å². The second-order valence-corrected chi connectivity index (χ2v) is 5.10. The van der Waals surface area contributed by atoms with Crippen LogP contribution >= 0.6 is 12.2 Å². The van der Waals surface area contributed by atoms with Crippen molar-refractivity contribution in [3.05, 3.63) is 24.0 Å². The predicted octanol–water partition coefficient (Wildman–Crippen LogP) is 2.67. The van der Waals surface area contributed by atoms with Gasteiger partial charge in [0.15, 0.2) is 0 Å². The van der Waals surface area contributed by atoms with Crippen molar-refractivity contribution in [2.45, 2.75) is 38.7 Å². The minimum Gasteiger partial charge on any atom is -0.490 e. The monoisotopic (exact) mass is 250 g/mol. The van der Waals surface area contributed by atoms with Crippen molar-refractivity contribution in [2.24, 2.45) is 11.7 Å². The first kappa shape index (κ1) is 12.3. The molecule has 4 heteroatoms. The summed E-state index contributed by atoms with van der Waals surface area (Å²) in [4.78, 5) is 4.42. The number of aromatic nitrogens is 1. The van der Waals surface area contributed by atoms with Gasteiger partial charge in [-0.2, -0.15) is 0 Å². The number of pyridine rings is 1. The highest BCUT2D eigenvalue weighted by Crippen LogP contribution is 2.28. The van der Waals surface area contributed by atoms with Crippen LogP contribution in [0.5, 0.6) is 5.75 Å². The molecular weight excluding hydrogens is 232 g/mol. The highest BCUT2D eigenvalue weighted by atomic mass is 32.1. The average Bonchev–Trinajstić information content (AvgIpc) is 2.32. The summed E-state index contributed by atoms with van der Waals surface area (Å²) in [5.41, 5.74) is 6.18. The zero-order valence-electron chi connectivity index (χ0n) is 10.1. The van der Waals surface area contributed by atoms with E-state index in [0.29, 0.717) is 22.7 Å². The molecule has 0 amide bonds. The number of thiocarbonyl (C=S) groups is 1. The Kier molecular flexibility index (Phi) is 3.94. The third kappa shape index (κ3) is 3.16. The molecule has 1 aliphatic carbocycles. The standard InChI is InChI=1S/C13H18N2OS/c1-9-4-2-3-5-12(9)16-10-6-7-15-11(8-10)13(14)17/h6-9,12H,2-5H2,1H3,(H2,14,17). The number of rotatable bonds is 3. The van der Waals surface area contributed by atoms with Gasteiger partial charge in [-0.3, -0.25) is 4.98 Å².